The molecule has 1 aliphatic heterocycles. The van der Waals surface area contributed by atoms with Gasteiger partial charge in [0, 0.05) is 43.7 Å². The van der Waals surface area contributed by atoms with Crippen LogP contribution in [0.3, 0.4) is 0 Å². The van der Waals surface area contributed by atoms with Crippen molar-refractivity contribution >= 4 is 27.1 Å². The highest BCUT2D eigenvalue weighted by molar-refractivity contribution is 7.89. The van der Waals surface area contributed by atoms with Gasteiger partial charge in [-0.3, -0.25) is 4.79 Å². The van der Waals surface area contributed by atoms with Crippen LogP contribution in [0.4, 0.5) is 0 Å². The van der Waals surface area contributed by atoms with Crippen molar-refractivity contribution in [2.24, 2.45) is 5.92 Å². The van der Waals surface area contributed by atoms with E-state index in [1.807, 2.05) is 37.4 Å². The van der Waals surface area contributed by atoms with Gasteiger partial charge in [0.25, 0.3) is 0 Å². The molecule has 0 aliphatic carbocycles. The summed E-state index contributed by atoms with van der Waals surface area (Å²) in [7, 11) is -1.52. The highest BCUT2D eigenvalue weighted by Crippen LogP contribution is 2.20. The van der Waals surface area contributed by atoms with Crippen molar-refractivity contribution in [3.05, 3.63) is 52.5 Å². The van der Waals surface area contributed by atoms with Crippen LogP contribution in [0.5, 0.6) is 0 Å². The number of likely N-dealkylation sites (N-methyl/N-ethyl adjacent to an activating group) is 1. The fraction of sp³-hybridized carbons (Fsp3) is 0.444. The first-order chi connectivity index (χ1) is 12.5. The lowest BCUT2D eigenvalue weighted by Gasteiger charge is -2.32. The van der Waals surface area contributed by atoms with E-state index in [1.54, 1.807) is 11.6 Å². The third kappa shape index (κ3) is 4.76. The van der Waals surface area contributed by atoms with E-state index >= 15 is 0 Å². The van der Waals surface area contributed by atoms with Gasteiger partial charge >= 0.3 is 0 Å². The summed E-state index contributed by atoms with van der Waals surface area (Å²) in [5.74, 6) is -1.00. The van der Waals surface area contributed by atoms with E-state index in [-0.39, 0.29) is 11.5 Å². The number of aromatic nitrogens is 1. The Kier molecular flexibility index (Phi) is 6.18. The summed E-state index contributed by atoms with van der Waals surface area (Å²) in [6, 6.07) is 9.54. The van der Waals surface area contributed by atoms with Crippen LogP contribution in [0, 0.1) is 5.92 Å². The molecule has 2 aromatic rings. The average Bonchev–Trinajstić information content (AvgIpc) is 3.16. The molecule has 26 heavy (non-hydrogen) atoms. The molecule has 0 saturated carbocycles. The molecule has 0 bridgehead atoms. The zero-order chi connectivity index (χ0) is 18.6. The number of rotatable bonds is 7. The molecule has 1 atom stereocenters. The Hall–Kier alpha value is -1.61. The summed E-state index contributed by atoms with van der Waals surface area (Å²) in [4.78, 5) is 19.1. The summed E-state index contributed by atoms with van der Waals surface area (Å²) in [6.45, 7) is 2.37. The Morgan fingerprint density at radius 1 is 1.19 bits per heavy atom. The van der Waals surface area contributed by atoms with E-state index < -0.39 is 15.9 Å². The third-order valence-electron chi connectivity index (χ3n) is 4.61. The van der Waals surface area contributed by atoms with Crippen molar-refractivity contribution in [3.63, 3.8) is 0 Å². The number of carbonyl (C=O) groups is 1. The molecule has 8 heteroatoms. The highest BCUT2D eigenvalue weighted by Gasteiger charge is 2.33. The Morgan fingerprint density at radius 2 is 1.88 bits per heavy atom. The summed E-state index contributed by atoms with van der Waals surface area (Å²) in [5, 5.41) is 2.11. The van der Waals surface area contributed by atoms with Gasteiger partial charge in [0.05, 0.1) is 5.75 Å². The minimum absolute atomic E-state index is 0.177. The van der Waals surface area contributed by atoms with Gasteiger partial charge in [-0.2, -0.15) is 4.31 Å². The van der Waals surface area contributed by atoms with Gasteiger partial charge < -0.3 is 4.90 Å². The Labute approximate surface area is 158 Å². The number of nitrogens with zero attached hydrogens (tertiary/aromatic N) is 3. The van der Waals surface area contributed by atoms with Gasteiger partial charge in [-0.15, -0.1) is 11.3 Å². The SMILES string of the molecule is CN1CCN(S(=O)(=O)C[C@@H](Cc2ccccc2)C(=O)c2nccs2)CC1. The second-order valence-electron chi connectivity index (χ2n) is 6.57. The molecular weight excluding hydrogens is 370 g/mol. The summed E-state index contributed by atoms with van der Waals surface area (Å²) in [5.41, 5.74) is 0.955. The van der Waals surface area contributed by atoms with Gasteiger partial charge in [0.15, 0.2) is 10.8 Å². The van der Waals surface area contributed by atoms with Crippen LogP contribution < -0.4 is 0 Å². The largest absolute Gasteiger partial charge is 0.304 e. The lowest BCUT2D eigenvalue weighted by Crippen LogP contribution is -2.48. The fourth-order valence-electron chi connectivity index (χ4n) is 3.07. The van der Waals surface area contributed by atoms with Crippen molar-refractivity contribution in [2.45, 2.75) is 6.42 Å². The molecule has 1 aromatic carbocycles. The first-order valence-corrected chi connectivity index (χ1v) is 11.1. The van der Waals surface area contributed by atoms with E-state index in [0.717, 1.165) is 5.56 Å². The van der Waals surface area contributed by atoms with Crippen LogP contribution in [0.2, 0.25) is 0 Å². The third-order valence-corrected chi connectivity index (χ3v) is 7.37. The first kappa shape index (κ1) is 19.2. The molecule has 2 heterocycles. The molecule has 0 spiro atoms. The van der Waals surface area contributed by atoms with Crippen molar-refractivity contribution in [3.8, 4) is 0 Å². The molecule has 1 aromatic heterocycles. The van der Waals surface area contributed by atoms with E-state index in [0.29, 0.717) is 37.6 Å². The monoisotopic (exact) mass is 393 g/mol. The number of Topliss-reactive ketones (excluding diaryl/α,β-unsaturated/α-hetero) is 1. The second kappa shape index (κ2) is 8.39. The van der Waals surface area contributed by atoms with Crippen LogP contribution in [0.15, 0.2) is 41.9 Å². The number of carbonyl (C=O) groups excluding carboxylic acids is 1. The van der Waals surface area contributed by atoms with Crippen molar-refractivity contribution in [1.82, 2.24) is 14.2 Å². The molecule has 0 radical (unpaired) electrons. The van der Waals surface area contributed by atoms with Gasteiger partial charge in [-0.25, -0.2) is 13.4 Å². The van der Waals surface area contributed by atoms with Crippen LogP contribution in [-0.4, -0.2) is 67.4 Å². The van der Waals surface area contributed by atoms with Gasteiger partial charge in [0.2, 0.25) is 10.0 Å². The van der Waals surface area contributed by atoms with E-state index in [2.05, 4.69) is 9.88 Å². The maximum absolute atomic E-state index is 12.9. The number of sulfonamides is 1. The number of hydrogen-bond acceptors (Lipinski definition) is 6. The molecule has 1 fully saturated rings. The zero-order valence-corrected chi connectivity index (χ0v) is 16.4. The van der Waals surface area contributed by atoms with E-state index in [9.17, 15) is 13.2 Å². The molecule has 0 unspecified atom stereocenters. The van der Waals surface area contributed by atoms with Gasteiger partial charge in [-0.05, 0) is 19.0 Å². The van der Waals surface area contributed by atoms with Crippen molar-refractivity contribution in [1.29, 1.82) is 0 Å². The average molecular weight is 394 g/mol. The standard InChI is InChI=1S/C18H23N3O3S2/c1-20-8-10-21(11-9-20)26(23,24)14-16(13-15-5-3-2-4-6-15)17(22)18-19-7-12-25-18/h2-7,12,16H,8-11,13-14H2,1H3/t16-/m1/s1. The van der Waals surface area contributed by atoms with Crippen LogP contribution >= 0.6 is 11.3 Å². The molecule has 0 amide bonds. The zero-order valence-electron chi connectivity index (χ0n) is 14.7. The Morgan fingerprint density at radius 3 is 2.50 bits per heavy atom. The van der Waals surface area contributed by atoms with Crippen LogP contribution in [-0.2, 0) is 16.4 Å². The maximum Gasteiger partial charge on any atom is 0.214 e. The minimum Gasteiger partial charge on any atom is -0.304 e. The van der Waals surface area contributed by atoms with Crippen molar-refractivity contribution < 1.29 is 13.2 Å². The lowest BCUT2D eigenvalue weighted by atomic mass is 9.97. The van der Waals surface area contributed by atoms with Crippen LogP contribution in [0.25, 0.3) is 0 Å². The predicted octanol–water partition coefficient (Wildman–Crippen LogP) is 1.76. The number of hydrogen-bond donors (Lipinski definition) is 0. The molecule has 3 rings (SSSR count). The lowest BCUT2D eigenvalue weighted by molar-refractivity contribution is 0.0929. The number of ketones is 1. The number of benzene rings is 1. The quantitative estimate of drug-likeness (QED) is 0.671. The molecule has 1 aliphatic rings. The topological polar surface area (TPSA) is 70.6 Å². The smallest absolute Gasteiger partial charge is 0.214 e. The van der Waals surface area contributed by atoms with Gasteiger partial charge in [0.1, 0.15) is 0 Å². The molecular formula is C18H23N3O3S2. The number of thiazole rings is 1. The molecule has 6 nitrogen and oxygen atoms in total. The minimum atomic E-state index is -3.50. The highest BCUT2D eigenvalue weighted by atomic mass is 32.2. The van der Waals surface area contributed by atoms with Crippen LogP contribution in [0.1, 0.15) is 15.4 Å². The summed E-state index contributed by atoms with van der Waals surface area (Å²) < 4.78 is 27.3. The molecule has 0 N–H and O–H groups in total. The second-order valence-corrected chi connectivity index (χ2v) is 9.48. The Bertz CT molecular complexity index is 815. The predicted molar refractivity (Wildman–Crippen MR) is 103 cm³/mol. The van der Waals surface area contributed by atoms with Crippen molar-refractivity contribution in [2.75, 3.05) is 39.0 Å². The van der Waals surface area contributed by atoms with E-state index in [1.165, 1.54) is 15.6 Å². The summed E-state index contributed by atoms with van der Waals surface area (Å²) >= 11 is 1.26. The normalized spacial score (nSPS) is 17.9. The number of piperazine rings is 1. The van der Waals surface area contributed by atoms with Gasteiger partial charge in [-0.1, -0.05) is 30.3 Å². The fourth-order valence-corrected chi connectivity index (χ4v) is 5.43. The van der Waals surface area contributed by atoms with E-state index in [4.69, 9.17) is 0 Å². The maximum atomic E-state index is 12.9. The Balaban J connectivity index is 1.79. The molecule has 1 saturated heterocycles. The first-order valence-electron chi connectivity index (χ1n) is 8.60. The molecule has 140 valence electrons. The summed E-state index contributed by atoms with van der Waals surface area (Å²) in [6.07, 6.45) is 1.97.